The smallest absolute Gasteiger partial charge is 0.303 e. The summed E-state index contributed by atoms with van der Waals surface area (Å²) in [6.45, 7) is 0.474. The molecule has 0 saturated carbocycles. The third-order valence-electron chi connectivity index (χ3n) is 3.38. The Morgan fingerprint density at radius 2 is 2.20 bits per heavy atom. The first-order valence-electron chi connectivity index (χ1n) is 6.40. The van der Waals surface area contributed by atoms with Gasteiger partial charge in [-0.05, 0) is 47.3 Å². The molecule has 0 bridgehead atoms. The Kier molecular flexibility index (Phi) is 5.22. The molecule has 0 aliphatic carbocycles. The third kappa shape index (κ3) is 3.60. The summed E-state index contributed by atoms with van der Waals surface area (Å²) in [5.41, 5.74) is 0. The topological polar surface area (TPSA) is 74.7 Å². The summed E-state index contributed by atoms with van der Waals surface area (Å²) in [7, 11) is -3.51. The standard InChI is InChI=1S/C12H16BrNO4S2/c13-10-5-7-12(19-10)20(17,18)14-8-2-1-3-9(14)4-6-11(15)16/h5,7,9H,1-4,6,8H2,(H,15,16). The zero-order chi connectivity index (χ0) is 14.8. The van der Waals surface area contributed by atoms with Crippen molar-refractivity contribution < 1.29 is 18.3 Å². The predicted octanol–water partition coefficient (Wildman–Crippen LogP) is 2.92. The van der Waals surface area contributed by atoms with Gasteiger partial charge in [-0.1, -0.05) is 6.42 Å². The maximum Gasteiger partial charge on any atom is 0.303 e. The van der Waals surface area contributed by atoms with Crippen LogP contribution in [0.5, 0.6) is 0 Å². The molecule has 8 heteroatoms. The summed E-state index contributed by atoms with van der Waals surface area (Å²) in [5.74, 6) is -0.883. The van der Waals surface area contributed by atoms with Crippen LogP contribution < -0.4 is 0 Å². The fourth-order valence-corrected chi connectivity index (χ4v) is 6.28. The van der Waals surface area contributed by atoms with Gasteiger partial charge in [-0.2, -0.15) is 4.31 Å². The number of hydrogen-bond acceptors (Lipinski definition) is 4. The van der Waals surface area contributed by atoms with Crippen molar-refractivity contribution in [3.63, 3.8) is 0 Å². The second kappa shape index (κ2) is 6.55. The molecule has 1 fully saturated rings. The lowest BCUT2D eigenvalue weighted by Gasteiger charge is -2.34. The molecule has 1 aromatic rings. The number of hydrogen-bond donors (Lipinski definition) is 1. The molecule has 0 radical (unpaired) electrons. The molecular weight excluding hydrogens is 366 g/mol. The van der Waals surface area contributed by atoms with Gasteiger partial charge in [0.25, 0.3) is 10.0 Å². The minimum absolute atomic E-state index is 0.00478. The van der Waals surface area contributed by atoms with Crippen LogP contribution in [-0.4, -0.2) is 36.4 Å². The van der Waals surface area contributed by atoms with Crippen molar-refractivity contribution in [2.45, 2.75) is 42.4 Å². The van der Waals surface area contributed by atoms with Crippen LogP contribution in [0.2, 0.25) is 0 Å². The Hall–Kier alpha value is -0.440. The van der Waals surface area contributed by atoms with E-state index in [1.165, 1.54) is 15.6 Å². The fourth-order valence-electron chi connectivity index (χ4n) is 2.42. The van der Waals surface area contributed by atoms with Crippen LogP contribution in [0.1, 0.15) is 32.1 Å². The maximum absolute atomic E-state index is 12.6. The van der Waals surface area contributed by atoms with Gasteiger partial charge in [-0.3, -0.25) is 4.79 Å². The number of piperidine rings is 1. The van der Waals surface area contributed by atoms with Crippen molar-refractivity contribution in [2.24, 2.45) is 0 Å². The molecule has 112 valence electrons. The van der Waals surface area contributed by atoms with Crippen LogP contribution in [0.15, 0.2) is 20.1 Å². The second-order valence-electron chi connectivity index (χ2n) is 4.76. The second-order valence-corrected chi connectivity index (χ2v) is 9.34. The Labute approximate surface area is 130 Å². The van der Waals surface area contributed by atoms with Crippen LogP contribution in [0.4, 0.5) is 0 Å². The third-order valence-corrected chi connectivity index (χ3v) is 7.42. The van der Waals surface area contributed by atoms with Crippen molar-refractivity contribution in [3.8, 4) is 0 Å². The molecule has 5 nitrogen and oxygen atoms in total. The SMILES string of the molecule is O=C(O)CCC1CCCCN1S(=O)(=O)c1ccc(Br)s1. The van der Waals surface area contributed by atoms with Gasteiger partial charge in [-0.15, -0.1) is 11.3 Å². The van der Waals surface area contributed by atoms with Gasteiger partial charge in [0.15, 0.2) is 0 Å². The van der Waals surface area contributed by atoms with Crippen LogP contribution in [0.25, 0.3) is 0 Å². The number of sulfonamides is 1. The molecular formula is C12H16BrNO4S2. The van der Waals surface area contributed by atoms with Crippen LogP contribution in [0, 0.1) is 0 Å². The van der Waals surface area contributed by atoms with E-state index in [1.54, 1.807) is 12.1 Å². The van der Waals surface area contributed by atoms with E-state index >= 15 is 0 Å². The highest BCUT2D eigenvalue weighted by Crippen LogP contribution is 2.32. The maximum atomic E-state index is 12.6. The molecule has 1 aliphatic rings. The molecule has 2 rings (SSSR count). The Balaban J connectivity index is 2.20. The quantitative estimate of drug-likeness (QED) is 0.850. The van der Waals surface area contributed by atoms with E-state index in [-0.39, 0.29) is 12.5 Å². The Morgan fingerprint density at radius 3 is 2.80 bits per heavy atom. The van der Waals surface area contributed by atoms with Crippen LogP contribution >= 0.6 is 27.3 Å². The average molecular weight is 382 g/mol. The van der Waals surface area contributed by atoms with Crippen LogP contribution in [-0.2, 0) is 14.8 Å². The lowest BCUT2D eigenvalue weighted by Crippen LogP contribution is -2.43. The lowest BCUT2D eigenvalue weighted by atomic mass is 10.0. The van der Waals surface area contributed by atoms with Gasteiger partial charge in [0.1, 0.15) is 4.21 Å². The van der Waals surface area contributed by atoms with E-state index in [0.29, 0.717) is 17.2 Å². The highest BCUT2D eigenvalue weighted by atomic mass is 79.9. The number of rotatable bonds is 5. The van der Waals surface area contributed by atoms with Gasteiger partial charge < -0.3 is 5.11 Å². The zero-order valence-electron chi connectivity index (χ0n) is 10.8. The number of aliphatic carboxylic acids is 1. The molecule has 0 aromatic carbocycles. The molecule has 20 heavy (non-hydrogen) atoms. The van der Waals surface area contributed by atoms with E-state index in [1.807, 2.05) is 0 Å². The fraction of sp³-hybridized carbons (Fsp3) is 0.583. The number of carboxylic acid groups (broad SMARTS) is 1. The number of thiophene rings is 1. The van der Waals surface area contributed by atoms with Crippen LogP contribution in [0.3, 0.4) is 0 Å². The van der Waals surface area contributed by atoms with E-state index in [4.69, 9.17) is 5.11 Å². The predicted molar refractivity (Wildman–Crippen MR) is 80.4 cm³/mol. The molecule has 1 unspecified atom stereocenters. The molecule has 2 heterocycles. The summed E-state index contributed by atoms with van der Waals surface area (Å²) in [4.78, 5) is 10.7. The lowest BCUT2D eigenvalue weighted by molar-refractivity contribution is -0.137. The Bertz CT molecular complexity index is 584. The van der Waals surface area contributed by atoms with E-state index in [2.05, 4.69) is 15.9 Å². The highest BCUT2D eigenvalue weighted by molar-refractivity contribution is 9.11. The van der Waals surface area contributed by atoms with Gasteiger partial charge >= 0.3 is 5.97 Å². The number of carboxylic acids is 1. The monoisotopic (exact) mass is 381 g/mol. The summed E-state index contributed by atoms with van der Waals surface area (Å²) in [5, 5.41) is 8.78. The molecule has 1 aliphatic heterocycles. The molecule has 1 N–H and O–H groups in total. The molecule has 1 aromatic heterocycles. The van der Waals surface area contributed by atoms with E-state index in [0.717, 1.165) is 23.0 Å². The van der Waals surface area contributed by atoms with Gasteiger partial charge in [0, 0.05) is 19.0 Å². The van der Waals surface area contributed by atoms with Crippen molar-refractivity contribution in [1.29, 1.82) is 0 Å². The van der Waals surface area contributed by atoms with Crippen molar-refractivity contribution >= 4 is 43.3 Å². The van der Waals surface area contributed by atoms with Crippen molar-refractivity contribution in [3.05, 3.63) is 15.9 Å². The first-order valence-corrected chi connectivity index (χ1v) is 9.45. The number of carbonyl (C=O) groups is 1. The van der Waals surface area contributed by atoms with E-state index in [9.17, 15) is 13.2 Å². The number of nitrogens with zero attached hydrogens (tertiary/aromatic N) is 1. The first kappa shape index (κ1) is 15.9. The normalized spacial score (nSPS) is 20.9. The highest BCUT2D eigenvalue weighted by Gasteiger charge is 2.34. The summed E-state index contributed by atoms with van der Waals surface area (Å²) in [6, 6.07) is 3.10. The summed E-state index contributed by atoms with van der Waals surface area (Å²) >= 11 is 4.46. The molecule has 1 saturated heterocycles. The molecule has 0 amide bonds. The minimum atomic E-state index is -3.51. The minimum Gasteiger partial charge on any atom is -0.481 e. The average Bonchev–Trinajstić information content (AvgIpc) is 2.84. The Morgan fingerprint density at radius 1 is 1.45 bits per heavy atom. The van der Waals surface area contributed by atoms with Gasteiger partial charge in [-0.25, -0.2) is 8.42 Å². The van der Waals surface area contributed by atoms with E-state index < -0.39 is 16.0 Å². The van der Waals surface area contributed by atoms with Gasteiger partial charge in [0.05, 0.1) is 3.79 Å². The number of halogens is 1. The summed E-state index contributed by atoms with van der Waals surface area (Å²) in [6.07, 6.45) is 2.89. The summed E-state index contributed by atoms with van der Waals surface area (Å²) < 4.78 is 27.8. The van der Waals surface area contributed by atoms with Gasteiger partial charge in [0.2, 0.25) is 0 Å². The molecule has 1 atom stereocenters. The van der Waals surface area contributed by atoms with Crippen molar-refractivity contribution in [2.75, 3.05) is 6.54 Å². The molecule has 0 spiro atoms. The van der Waals surface area contributed by atoms with Crippen molar-refractivity contribution in [1.82, 2.24) is 4.31 Å². The zero-order valence-corrected chi connectivity index (χ0v) is 14.0. The first-order chi connectivity index (χ1) is 9.41. The largest absolute Gasteiger partial charge is 0.481 e.